The van der Waals surface area contributed by atoms with Crippen LogP contribution in [-0.2, 0) is 7.05 Å². The Hall–Kier alpha value is -4.34. The highest BCUT2D eigenvalue weighted by Crippen LogP contribution is 2.24. The number of aryl methyl sites for hydroxylation is 3. The number of nitrogens with one attached hydrogen (secondary N) is 1. The first kappa shape index (κ1) is 20.9. The van der Waals surface area contributed by atoms with Gasteiger partial charge >= 0.3 is 0 Å². The number of carbonyl (C=O) groups excluding carboxylic acids is 1. The first-order valence-electron chi connectivity index (χ1n) is 9.80. The predicted octanol–water partition coefficient (Wildman–Crippen LogP) is 2.73. The van der Waals surface area contributed by atoms with Crippen molar-refractivity contribution in [2.75, 3.05) is 5.32 Å². The lowest BCUT2D eigenvalue weighted by Crippen LogP contribution is -2.23. The van der Waals surface area contributed by atoms with Gasteiger partial charge in [-0.1, -0.05) is 0 Å². The Morgan fingerprint density at radius 2 is 1.78 bits per heavy atom. The third-order valence-electron chi connectivity index (χ3n) is 4.83. The smallest absolute Gasteiger partial charge is 0.276 e. The molecule has 0 aliphatic heterocycles. The van der Waals surface area contributed by atoms with Gasteiger partial charge in [-0.15, -0.1) is 0 Å². The molecule has 0 aliphatic carbocycles. The maximum atomic E-state index is 12.3. The number of hydrogen-bond donors (Lipinski definition) is 1. The average molecular weight is 431 g/mol. The fourth-order valence-corrected chi connectivity index (χ4v) is 2.98. The molecule has 0 fully saturated rings. The first-order chi connectivity index (χ1) is 15.3. The Labute approximate surface area is 183 Å². The predicted molar refractivity (Wildman–Crippen MR) is 117 cm³/mol. The zero-order chi connectivity index (χ0) is 22.8. The summed E-state index contributed by atoms with van der Waals surface area (Å²) in [6, 6.07) is 11.3. The van der Waals surface area contributed by atoms with Crippen LogP contribution >= 0.6 is 0 Å². The molecule has 1 N–H and O–H groups in total. The molecule has 0 radical (unpaired) electrons. The van der Waals surface area contributed by atoms with Gasteiger partial charge in [0.2, 0.25) is 5.88 Å². The first-order valence-corrected chi connectivity index (χ1v) is 9.80. The highest BCUT2D eigenvalue weighted by Gasteiger charge is 2.11. The molecule has 1 amide bonds. The zero-order valence-corrected chi connectivity index (χ0v) is 18.0. The van der Waals surface area contributed by atoms with E-state index in [1.54, 1.807) is 43.6 Å². The van der Waals surface area contributed by atoms with E-state index in [0.717, 1.165) is 16.1 Å². The van der Waals surface area contributed by atoms with Crippen LogP contribution in [0.15, 0.2) is 53.6 Å². The van der Waals surface area contributed by atoms with Crippen LogP contribution in [-0.4, -0.2) is 35.2 Å². The molecule has 4 rings (SSSR count). The molecule has 3 aromatic heterocycles. The van der Waals surface area contributed by atoms with Crippen molar-refractivity contribution in [2.24, 2.45) is 7.05 Å². The lowest BCUT2D eigenvalue weighted by atomic mass is 10.3. The van der Waals surface area contributed by atoms with Gasteiger partial charge < -0.3 is 10.1 Å². The number of amides is 1. The van der Waals surface area contributed by atoms with Gasteiger partial charge in [-0.2, -0.15) is 10.1 Å². The summed E-state index contributed by atoms with van der Waals surface area (Å²) in [7, 11) is 1.49. The normalized spacial score (nSPS) is 10.8. The van der Waals surface area contributed by atoms with Crippen LogP contribution in [0.3, 0.4) is 0 Å². The molecule has 0 saturated carbocycles. The molecular weight excluding hydrogens is 410 g/mol. The van der Waals surface area contributed by atoms with Crippen LogP contribution in [0.4, 0.5) is 5.69 Å². The number of carbonyl (C=O) groups is 1. The van der Waals surface area contributed by atoms with Crippen LogP contribution in [0.25, 0.3) is 5.82 Å². The summed E-state index contributed by atoms with van der Waals surface area (Å²) in [5.74, 6) is 1.75. The van der Waals surface area contributed by atoms with Crippen molar-refractivity contribution in [2.45, 2.75) is 20.8 Å². The molecule has 0 atom stereocenters. The number of nitrogens with zero attached hydrogens (tertiary/aromatic N) is 6. The zero-order valence-electron chi connectivity index (χ0n) is 18.0. The SMILES string of the molecule is Cc1nc(Oc2ccc(NC(=O)c3ccc(=O)n(C)n3)cc2)cc(-n2cnc(C)c2C)n1. The van der Waals surface area contributed by atoms with Crippen LogP contribution in [0.1, 0.15) is 27.7 Å². The molecular formula is C22H21N7O3. The minimum atomic E-state index is -0.420. The molecule has 32 heavy (non-hydrogen) atoms. The maximum absolute atomic E-state index is 12.3. The number of anilines is 1. The maximum Gasteiger partial charge on any atom is 0.276 e. The van der Waals surface area contributed by atoms with E-state index in [1.165, 1.54) is 19.2 Å². The number of ether oxygens (including phenoxy) is 1. The number of aromatic nitrogens is 6. The topological polar surface area (TPSA) is 117 Å². The Morgan fingerprint density at radius 1 is 1.03 bits per heavy atom. The van der Waals surface area contributed by atoms with Crippen molar-refractivity contribution in [3.8, 4) is 17.4 Å². The second kappa shape index (κ2) is 8.42. The van der Waals surface area contributed by atoms with E-state index >= 15 is 0 Å². The van der Waals surface area contributed by atoms with E-state index in [2.05, 4.69) is 25.4 Å². The van der Waals surface area contributed by atoms with Crippen LogP contribution < -0.4 is 15.6 Å². The minimum Gasteiger partial charge on any atom is -0.439 e. The molecule has 0 spiro atoms. The molecule has 0 bridgehead atoms. The summed E-state index contributed by atoms with van der Waals surface area (Å²) in [5, 5.41) is 6.67. The molecule has 0 saturated heterocycles. The van der Waals surface area contributed by atoms with Crippen LogP contribution in [0, 0.1) is 20.8 Å². The average Bonchev–Trinajstić information content (AvgIpc) is 3.09. The van der Waals surface area contributed by atoms with Crippen LogP contribution in [0.5, 0.6) is 11.6 Å². The number of hydrogen-bond acceptors (Lipinski definition) is 7. The number of benzene rings is 1. The second-order valence-electron chi connectivity index (χ2n) is 7.16. The Kier molecular flexibility index (Phi) is 5.50. The molecule has 10 heteroatoms. The summed E-state index contributed by atoms with van der Waals surface area (Å²) < 4.78 is 8.88. The van der Waals surface area contributed by atoms with Crippen molar-refractivity contribution < 1.29 is 9.53 Å². The standard InChI is InChI=1S/C22H21N7O3/c1-13-14(2)29(12-23-13)19-11-20(25-15(3)24-19)32-17-7-5-16(6-8-17)26-22(31)18-9-10-21(30)28(4)27-18/h5-12H,1-4H3,(H,26,31). The molecule has 1 aromatic carbocycles. The molecule has 162 valence electrons. The summed E-state index contributed by atoms with van der Waals surface area (Å²) >= 11 is 0. The Bertz CT molecular complexity index is 1360. The van der Waals surface area contributed by atoms with E-state index in [0.29, 0.717) is 29.0 Å². The van der Waals surface area contributed by atoms with E-state index in [1.807, 2.05) is 18.4 Å². The Morgan fingerprint density at radius 3 is 2.44 bits per heavy atom. The molecule has 0 unspecified atom stereocenters. The second-order valence-corrected chi connectivity index (χ2v) is 7.16. The Balaban J connectivity index is 1.49. The highest BCUT2D eigenvalue weighted by molar-refractivity contribution is 6.02. The number of rotatable bonds is 5. The van der Waals surface area contributed by atoms with Crippen LogP contribution in [0.2, 0.25) is 0 Å². The largest absolute Gasteiger partial charge is 0.439 e. The third-order valence-corrected chi connectivity index (χ3v) is 4.83. The minimum absolute atomic E-state index is 0.140. The van der Waals surface area contributed by atoms with E-state index < -0.39 is 5.91 Å². The van der Waals surface area contributed by atoms with Gasteiger partial charge in [-0.3, -0.25) is 14.2 Å². The van der Waals surface area contributed by atoms with Crippen molar-refractivity contribution in [3.63, 3.8) is 0 Å². The highest BCUT2D eigenvalue weighted by atomic mass is 16.5. The fraction of sp³-hybridized carbons (Fsp3) is 0.182. The molecule has 4 aromatic rings. The summed E-state index contributed by atoms with van der Waals surface area (Å²) in [5.41, 5.74) is 2.32. The molecule has 0 aliphatic rings. The van der Waals surface area contributed by atoms with E-state index in [4.69, 9.17) is 4.74 Å². The number of imidazole rings is 1. The van der Waals surface area contributed by atoms with Crippen molar-refractivity contribution in [1.82, 2.24) is 29.3 Å². The van der Waals surface area contributed by atoms with Crippen molar-refractivity contribution in [1.29, 1.82) is 0 Å². The lowest BCUT2D eigenvalue weighted by Gasteiger charge is -2.10. The quantitative estimate of drug-likeness (QED) is 0.516. The van der Waals surface area contributed by atoms with E-state index in [9.17, 15) is 9.59 Å². The van der Waals surface area contributed by atoms with Gasteiger partial charge in [0.1, 0.15) is 29.4 Å². The molecule has 3 heterocycles. The lowest BCUT2D eigenvalue weighted by molar-refractivity contribution is 0.102. The molecule has 10 nitrogen and oxygen atoms in total. The monoisotopic (exact) mass is 431 g/mol. The summed E-state index contributed by atoms with van der Waals surface area (Å²) in [6.45, 7) is 5.70. The van der Waals surface area contributed by atoms with Crippen molar-refractivity contribution in [3.05, 3.63) is 82.1 Å². The van der Waals surface area contributed by atoms with Gasteiger partial charge in [0, 0.05) is 30.6 Å². The fourth-order valence-electron chi connectivity index (χ4n) is 2.98. The van der Waals surface area contributed by atoms with Gasteiger partial charge in [0.15, 0.2) is 0 Å². The van der Waals surface area contributed by atoms with Gasteiger partial charge in [0.05, 0.1) is 5.69 Å². The summed E-state index contributed by atoms with van der Waals surface area (Å²) in [6.07, 6.45) is 1.72. The summed E-state index contributed by atoms with van der Waals surface area (Å²) in [4.78, 5) is 36.9. The van der Waals surface area contributed by atoms with Gasteiger partial charge in [-0.05, 0) is 51.1 Å². The third kappa shape index (κ3) is 4.38. The van der Waals surface area contributed by atoms with Gasteiger partial charge in [-0.25, -0.2) is 14.6 Å². The van der Waals surface area contributed by atoms with E-state index in [-0.39, 0.29) is 11.3 Å². The van der Waals surface area contributed by atoms with Gasteiger partial charge in [0.25, 0.3) is 11.5 Å². The van der Waals surface area contributed by atoms with Crippen molar-refractivity contribution >= 4 is 11.6 Å².